The first-order chi connectivity index (χ1) is 7.25. The third kappa shape index (κ3) is 1.68. The van der Waals surface area contributed by atoms with Gasteiger partial charge in [-0.15, -0.1) is 0 Å². The molecule has 1 aromatic heterocycles. The molecule has 2 bridgehead atoms. The highest BCUT2D eigenvalue weighted by atomic mass is 79.9. The highest BCUT2D eigenvalue weighted by Gasteiger charge is 2.37. The Kier molecular flexibility index (Phi) is 2.65. The molecular weight excluding hydrogens is 322 g/mol. The summed E-state index contributed by atoms with van der Waals surface area (Å²) in [6.45, 7) is 3.75. The third-order valence-electron chi connectivity index (χ3n) is 3.70. The van der Waals surface area contributed by atoms with E-state index in [1.807, 2.05) is 0 Å². The molecule has 1 unspecified atom stereocenters. The van der Waals surface area contributed by atoms with Gasteiger partial charge in [0.25, 0.3) is 0 Å². The van der Waals surface area contributed by atoms with Crippen LogP contribution < -0.4 is 0 Å². The summed E-state index contributed by atoms with van der Waals surface area (Å²) in [5.41, 5.74) is 1.20. The van der Waals surface area contributed by atoms with Crippen LogP contribution in [0.4, 0.5) is 0 Å². The number of fused-ring (bicyclic) bond motifs is 3. The highest BCUT2D eigenvalue weighted by Crippen LogP contribution is 2.41. The molecule has 0 radical (unpaired) electrons. The number of piperidine rings is 3. The average molecular weight is 335 g/mol. The van der Waals surface area contributed by atoms with Gasteiger partial charge in [0, 0.05) is 12.5 Å². The minimum absolute atomic E-state index is 0.615. The van der Waals surface area contributed by atoms with Gasteiger partial charge in [-0.1, -0.05) is 0 Å². The molecule has 3 aliphatic rings. The van der Waals surface area contributed by atoms with Gasteiger partial charge in [-0.2, -0.15) is 5.10 Å². The van der Waals surface area contributed by atoms with Crippen molar-refractivity contribution in [2.75, 3.05) is 19.6 Å². The summed E-state index contributed by atoms with van der Waals surface area (Å²) in [6.07, 6.45) is 2.67. The Morgan fingerprint density at radius 3 is 2.47 bits per heavy atom. The Bertz CT molecular complexity index is 369. The second-order valence-corrected chi connectivity index (χ2v) is 6.07. The number of aromatic nitrogens is 2. The minimum Gasteiger partial charge on any atom is -0.303 e. The van der Waals surface area contributed by atoms with E-state index < -0.39 is 0 Å². The molecule has 3 nitrogen and oxygen atoms in total. The number of rotatable bonds is 1. The number of halogens is 2. The lowest BCUT2D eigenvalue weighted by molar-refractivity contribution is 0.0851. The quantitative estimate of drug-likeness (QED) is 0.856. The predicted octanol–water partition coefficient (Wildman–Crippen LogP) is 2.74. The first kappa shape index (κ1) is 10.3. The molecule has 15 heavy (non-hydrogen) atoms. The van der Waals surface area contributed by atoms with Gasteiger partial charge < -0.3 is 4.90 Å². The van der Waals surface area contributed by atoms with Crippen LogP contribution in [0, 0.1) is 5.92 Å². The van der Waals surface area contributed by atoms with Gasteiger partial charge in [-0.3, -0.25) is 5.10 Å². The Labute approximate surface area is 106 Å². The van der Waals surface area contributed by atoms with Gasteiger partial charge in [0.15, 0.2) is 0 Å². The van der Waals surface area contributed by atoms with Crippen LogP contribution >= 0.6 is 31.9 Å². The molecule has 5 heteroatoms. The summed E-state index contributed by atoms with van der Waals surface area (Å²) < 4.78 is 2.08. The maximum atomic E-state index is 4.41. The Morgan fingerprint density at radius 1 is 1.27 bits per heavy atom. The Morgan fingerprint density at radius 2 is 2.00 bits per heavy atom. The smallest absolute Gasteiger partial charge is 0.115 e. The van der Waals surface area contributed by atoms with E-state index >= 15 is 0 Å². The molecule has 82 valence electrons. The summed E-state index contributed by atoms with van der Waals surface area (Å²) in [7, 11) is 0. The molecule has 0 aromatic carbocycles. The lowest BCUT2D eigenvalue weighted by atomic mass is 9.77. The molecule has 1 N–H and O–H groups in total. The maximum Gasteiger partial charge on any atom is 0.115 e. The molecule has 0 amide bonds. The van der Waals surface area contributed by atoms with Gasteiger partial charge in [0.1, 0.15) is 4.60 Å². The van der Waals surface area contributed by atoms with Crippen molar-refractivity contribution in [2.24, 2.45) is 5.92 Å². The molecule has 4 rings (SSSR count). The second-order valence-electron chi connectivity index (χ2n) is 4.48. The van der Waals surface area contributed by atoms with Crippen molar-refractivity contribution in [3.63, 3.8) is 0 Å². The maximum absolute atomic E-state index is 4.41. The largest absolute Gasteiger partial charge is 0.303 e. The molecule has 3 aliphatic heterocycles. The molecular formula is C10H13Br2N3. The van der Waals surface area contributed by atoms with Crippen molar-refractivity contribution in [1.29, 1.82) is 0 Å². The summed E-state index contributed by atoms with van der Waals surface area (Å²) >= 11 is 7.06. The van der Waals surface area contributed by atoms with Crippen molar-refractivity contribution in [1.82, 2.24) is 15.1 Å². The van der Waals surface area contributed by atoms with Gasteiger partial charge in [0.05, 0.1) is 10.2 Å². The molecule has 1 atom stereocenters. The first-order valence-electron chi connectivity index (χ1n) is 5.37. The van der Waals surface area contributed by atoms with Crippen LogP contribution in [0.2, 0.25) is 0 Å². The zero-order valence-electron chi connectivity index (χ0n) is 8.34. The summed E-state index contributed by atoms with van der Waals surface area (Å²) in [5.74, 6) is 1.45. The molecule has 3 fully saturated rings. The first-order valence-corrected chi connectivity index (χ1v) is 6.96. The zero-order chi connectivity index (χ0) is 10.4. The van der Waals surface area contributed by atoms with Crippen LogP contribution in [-0.2, 0) is 0 Å². The van der Waals surface area contributed by atoms with Crippen LogP contribution in [0.5, 0.6) is 0 Å². The highest BCUT2D eigenvalue weighted by molar-refractivity contribution is 9.13. The average Bonchev–Trinajstić information content (AvgIpc) is 2.61. The van der Waals surface area contributed by atoms with Crippen molar-refractivity contribution in [2.45, 2.75) is 18.8 Å². The van der Waals surface area contributed by atoms with E-state index in [4.69, 9.17) is 0 Å². The van der Waals surface area contributed by atoms with Crippen molar-refractivity contribution < 1.29 is 0 Å². The van der Waals surface area contributed by atoms with E-state index in [-0.39, 0.29) is 0 Å². The number of nitrogens with zero attached hydrogens (tertiary/aromatic N) is 2. The summed E-state index contributed by atoms with van der Waals surface area (Å²) in [6, 6.07) is 0. The van der Waals surface area contributed by atoms with Gasteiger partial charge in [0.2, 0.25) is 0 Å². The van der Waals surface area contributed by atoms with E-state index in [0.29, 0.717) is 5.92 Å². The molecule has 0 aliphatic carbocycles. The lowest BCUT2D eigenvalue weighted by Gasteiger charge is -2.44. The standard InChI is InChI=1S/C10H13Br2N3/c11-8-9(13-14-10(8)12)7-5-15-3-1-6(7)2-4-15/h6-7H,1-5H2,(H,13,14). The number of nitrogens with one attached hydrogen (secondary N) is 1. The summed E-state index contributed by atoms with van der Waals surface area (Å²) in [4.78, 5) is 2.56. The number of H-pyrrole nitrogens is 1. The van der Waals surface area contributed by atoms with Crippen LogP contribution in [0.25, 0.3) is 0 Å². The van der Waals surface area contributed by atoms with E-state index in [9.17, 15) is 0 Å². The van der Waals surface area contributed by atoms with Gasteiger partial charge in [-0.05, 0) is 63.7 Å². The Balaban J connectivity index is 1.91. The van der Waals surface area contributed by atoms with E-state index in [1.165, 1.54) is 38.2 Å². The molecule has 4 heterocycles. The molecule has 0 saturated carbocycles. The van der Waals surface area contributed by atoms with Crippen LogP contribution in [0.3, 0.4) is 0 Å². The Hall–Kier alpha value is 0.130. The fourth-order valence-electron chi connectivity index (χ4n) is 2.84. The normalized spacial score (nSPS) is 34.7. The van der Waals surface area contributed by atoms with Crippen molar-refractivity contribution >= 4 is 31.9 Å². The third-order valence-corrected chi connectivity index (χ3v) is 5.61. The fourth-order valence-corrected chi connectivity index (χ4v) is 3.60. The SMILES string of the molecule is Brc1[nH]nc(C2CN3CCC2CC3)c1Br. The zero-order valence-corrected chi connectivity index (χ0v) is 11.5. The molecule has 0 spiro atoms. The number of hydrogen-bond acceptors (Lipinski definition) is 2. The topological polar surface area (TPSA) is 31.9 Å². The second kappa shape index (κ2) is 3.86. The molecule has 3 saturated heterocycles. The van der Waals surface area contributed by atoms with E-state index in [1.54, 1.807) is 0 Å². The van der Waals surface area contributed by atoms with Crippen molar-refractivity contribution in [3.8, 4) is 0 Å². The fraction of sp³-hybridized carbons (Fsp3) is 0.700. The number of hydrogen-bond donors (Lipinski definition) is 1. The van der Waals surface area contributed by atoms with E-state index in [0.717, 1.165) is 15.0 Å². The minimum atomic E-state index is 0.615. The lowest BCUT2D eigenvalue weighted by Crippen LogP contribution is -2.46. The van der Waals surface area contributed by atoms with Crippen molar-refractivity contribution in [3.05, 3.63) is 14.8 Å². The number of aromatic amines is 1. The van der Waals surface area contributed by atoms with Crippen LogP contribution in [0.15, 0.2) is 9.08 Å². The van der Waals surface area contributed by atoms with Crippen LogP contribution in [0.1, 0.15) is 24.5 Å². The molecule has 1 aromatic rings. The monoisotopic (exact) mass is 333 g/mol. The van der Waals surface area contributed by atoms with E-state index in [2.05, 4.69) is 47.0 Å². The van der Waals surface area contributed by atoms with Gasteiger partial charge in [-0.25, -0.2) is 0 Å². The van der Waals surface area contributed by atoms with Crippen LogP contribution in [-0.4, -0.2) is 34.7 Å². The predicted molar refractivity (Wildman–Crippen MR) is 65.9 cm³/mol. The van der Waals surface area contributed by atoms with Gasteiger partial charge >= 0.3 is 0 Å². The summed E-state index contributed by atoms with van der Waals surface area (Å²) in [5, 5.41) is 7.41.